The first-order valence-corrected chi connectivity index (χ1v) is 9.91. The smallest absolute Gasteiger partial charge is 0.129 e. The van der Waals surface area contributed by atoms with Gasteiger partial charge in [0, 0.05) is 6.42 Å². The molecule has 0 saturated carbocycles. The molecule has 0 aromatic rings. The van der Waals surface area contributed by atoms with Gasteiger partial charge in [0.25, 0.3) is 0 Å². The Morgan fingerprint density at radius 3 is 1.36 bits per heavy atom. The van der Waals surface area contributed by atoms with Crippen molar-refractivity contribution in [3.8, 4) is 0 Å². The summed E-state index contributed by atoms with van der Waals surface area (Å²) < 4.78 is 0. The zero-order valence-electron chi connectivity index (χ0n) is 17.6. The van der Waals surface area contributed by atoms with Crippen molar-refractivity contribution in [3.05, 3.63) is 46.6 Å². The Morgan fingerprint density at radius 2 is 0.960 bits per heavy atom. The van der Waals surface area contributed by atoms with E-state index in [2.05, 4.69) is 58.9 Å². The summed E-state index contributed by atoms with van der Waals surface area (Å²) >= 11 is 0. The van der Waals surface area contributed by atoms with Gasteiger partial charge in [-0.05, 0) is 92.9 Å². The van der Waals surface area contributed by atoms with E-state index < -0.39 is 0 Å². The Kier molecular flexibility index (Phi) is 14.1. The zero-order chi connectivity index (χ0) is 19.1. The van der Waals surface area contributed by atoms with Gasteiger partial charge >= 0.3 is 0 Å². The molecule has 0 heterocycles. The second-order valence-corrected chi connectivity index (χ2v) is 7.64. The van der Waals surface area contributed by atoms with Gasteiger partial charge in [-0.3, -0.25) is 0 Å². The van der Waals surface area contributed by atoms with Crippen LogP contribution in [0.3, 0.4) is 0 Å². The molecule has 0 aromatic heterocycles. The van der Waals surface area contributed by atoms with Crippen molar-refractivity contribution >= 4 is 5.78 Å². The largest absolute Gasteiger partial charge is 0.300 e. The number of hydrogen-bond acceptors (Lipinski definition) is 1. The number of allylic oxidation sites excluding steroid dienone is 8. The van der Waals surface area contributed by atoms with Crippen molar-refractivity contribution in [3.63, 3.8) is 0 Å². The lowest BCUT2D eigenvalue weighted by atomic mass is 10.0. The Morgan fingerprint density at radius 1 is 0.560 bits per heavy atom. The average Bonchev–Trinajstić information content (AvgIpc) is 2.51. The fraction of sp³-hybridized carbons (Fsp3) is 0.625. The summed E-state index contributed by atoms with van der Waals surface area (Å²) in [6.07, 6.45) is 19.1. The Balaban J connectivity index is 3.95. The van der Waals surface area contributed by atoms with Crippen LogP contribution >= 0.6 is 0 Å². The van der Waals surface area contributed by atoms with Crippen LogP contribution in [0.15, 0.2) is 46.6 Å². The summed E-state index contributed by atoms with van der Waals surface area (Å²) in [6, 6.07) is 0. The first-order valence-electron chi connectivity index (χ1n) is 9.91. The third-order valence-corrected chi connectivity index (χ3v) is 4.38. The fourth-order valence-electron chi connectivity index (χ4n) is 2.69. The van der Waals surface area contributed by atoms with Crippen LogP contribution in [-0.4, -0.2) is 5.78 Å². The lowest BCUT2D eigenvalue weighted by Crippen LogP contribution is -1.88. The SMILES string of the molecule is CC(=O)CCC/C=C(\C)CC/C=C(\C)CC/C=C(\C)CCC=C(C)C. The third-order valence-electron chi connectivity index (χ3n) is 4.38. The molecule has 0 fully saturated rings. The number of rotatable bonds is 13. The molecule has 0 aliphatic carbocycles. The number of ketones is 1. The van der Waals surface area contributed by atoms with E-state index in [0.29, 0.717) is 12.2 Å². The molecule has 1 nitrogen and oxygen atoms in total. The topological polar surface area (TPSA) is 17.1 Å². The van der Waals surface area contributed by atoms with E-state index in [9.17, 15) is 4.79 Å². The van der Waals surface area contributed by atoms with Crippen molar-refractivity contribution in [2.45, 2.75) is 99.3 Å². The van der Waals surface area contributed by atoms with Gasteiger partial charge in [0.05, 0.1) is 0 Å². The molecule has 0 spiro atoms. The maximum Gasteiger partial charge on any atom is 0.129 e. The van der Waals surface area contributed by atoms with Crippen LogP contribution in [0.5, 0.6) is 0 Å². The monoisotopic (exact) mass is 344 g/mol. The van der Waals surface area contributed by atoms with Crippen LogP contribution in [0.4, 0.5) is 0 Å². The molecule has 0 saturated heterocycles. The highest BCUT2D eigenvalue weighted by molar-refractivity contribution is 5.75. The number of Topliss-reactive ketones (excluding diaryl/α,β-unsaturated/α-hetero) is 1. The maximum absolute atomic E-state index is 10.9. The number of hydrogen-bond donors (Lipinski definition) is 0. The minimum absolute atomic E-state index is 0.297. The van der Waals surface area contributed by atoms with Crippen LogP contribution in [-0.2, 0) is 4.79 Å². The van der Waals surface area contributed by atoms with Crippen LogP contribution in [0.25, 0.3) is 0 Å². The van der Waals surface area contributed by atoms with E-state index in [1.807, 2.05) is 0 Å². The van der Waals surface area contributed by atoms with E-state index >= 15 is 0 Å². The van der Waals surface area contributed by atoms with Crippen molar-refractivity contribution in [1.82, 2.24) is 0 Å². The van der Waals surface area contributed by atoms with Gasteiger partial charge in [-0.15, -0.1) is 0 Å². The molecule has 0 aliphatic heterocycles. The lowest BCUT2D eigenvalue weighted by Gasteiger charge is -2.03. The second-order valence-electron chi connectivity index (χ2n) is 7.64. The standard InChI is InChI=1S/C24H40O/c1-20(2)12-9-14-22(4)16-11-18-23(5)17-10-15-21(3)13-7-8-19-24(6)25/h12-13,16-17H,7-11,14-15,18-19H2,1-6H3/b21-13+,22-16+,23-17+. The molecule has 0 N–H and O–H groups in total. The van der Waals surface area contributed by atoms with E-state index in [1.54, 1.807) is 6.92 Å². The normalized spacial score (nSPS) is 13.1. The molecule has 1 heteroatoms. The van der Waals surface area contributed by atoms with Crippen LogP contribution < -0.4 is 0 Å². The number of unbranched alkanes of at least 4 members (excludes halogenated alkanes) is 1. The predicted octanol–water partition coefficient (Wildman–Crippen LogP) is 7.89. The van der Waals surface area contributed by atoms with Crippen molar-refractivity contribution in [2.75, 3.05) is 0 Å². The highest BCUT2D eigenvalue weighted by Gasteiger charge is 1.95. The quantitative estimate of drug-likeness (QED) is 0.245. The molecule has 0 unspecified atom stereocenters. The molecule has 0 amide bonds. The number of carbonyl (C=O) groups is 1. The summed E-state index contributed by atoms with van der Waals surface area (Å²) in [5.74, 6) is 0.297. The van der Waals surface area contributed by atoms with E-state index in [0.717, 1.165) is 38.5 Å². The summed E-state index contributed by atoms with van der Waals surface area (Å²) in [6.45, 7) is 12.7. The highest BCUT2D eigenvalue weighted by Crippen LogP contribution is 2.14. The minimum atomic E-state index is 0.297. The first-order chi connectivity index (χ1) is 11.8. The van der Waals surface area contributed by atoms with E-state index in [1.165, 1.54) is 35.1 Å². The van der Waals surface area contributed by atoms with Gasteiger partial charge < -0.3 is 4.79 Å². The van der Waals surface area contributed by atoms with Gasteiger partial charge in [-0.2, -0.15) is 0 Å². The molecule has 25 heavy (non-hydrogen) atoms. The predicted molar refractivity (Wildman–Crippen MR) is 113 cm³/mol. The Hall–Kier alpha value is -1.37. The zero-order valence-corrected chi connectivity index (χ0v) is 17.6. The summed E-state index contributed by atoms with van der Waals surface area (Å²) in [5, 5.41) is 0. The van der Waals surface area contributed by atoms with Crippen LogP contribution in [0, 0.1) is 0 Å². The molecule has 0 aromatic carbocycles. The molecule has 0 aliphatic rings. The van der Waals surface area contributed by atoms with E-state index in [-0.39, 0.29) is 0 Å². The summed E-state index contributed by atoms with van der Waals surface area (Å²) in [4.78, 5) is 10.9. The second kappa shape index (κ2) is 14.9. The molecule has 0 atom stereocenters. The van der Waals surface area contributed by atoms with Crippen molar-refractivity contribution < 1.29 is 4.79 Å². The Bertz CT molecular complexity index is 496. The minimum Gasteiger partial charge on any atom is -0.300 e. The van der Waals surface area contributed by atoms with Crippen molar-refractivity contribution in [1.29, 1.82) is 0 Å². The molecular formula is C24H40O. The van der Waals surface area contributed by atoms with Crippen molar-refractivity contribution in [2.24, 2.45) is 0 Å². The van der Waals surface area contributed by atoms with Gasteiger partial charge in [0.1, 0.15) is 5.78 Å². The lowest BCUT2D eigenvalue weighted by molar-refractivity contribution is -0.117. The molecule has 0 bridgehead atoms. The molecule has 0 radical (unpaired) electrons. The molecule has 142 valence electrons. The van der Waals surface area contributed by atoms with Gasteiger partial charge in [-0.1, -0.05) is 46.6 Å². The van der Waals surface area contributed by atoms with E-state index in [4.69, 9.17) is 0 Å². The van der Waals surface area contributed by atoms with Gasteiger partial charge in [-0.25, -0.2) is 0 Å². The number of carbonyl (C=O) groups excluding carboxylic acids is 1. The van der Waals surface area contributed by atoms with Gasteiger partial charge in [0.2, 0.25) is 0 Å². The molecule has 0 rings (SSSR count). The van der Waals surface area contributed by atoms with Gasteiger partial charge in [0.15, 0.2) is 0 Å². The Labute approximate surface area is 157 Å². The third kappa shape index (κ3) is 17.2. The van der Waals surface area contributed by atoms with Crippen LogP contribution in [0.2, 0.25) is 0 Å². The maximum atomic E-state index is 10.9. The molecular weight excluding hydrogens is 304 g/mol. The average molecular weight is 345 g/mol. The first kappa shape index (κ1) is 23.6. The summed E-state index contributed by atoms with van der Waals surface area (Å²) in [7, 11) is 0. The van der Waals surface area contributed by atoms with Crippen LogP contribution in [0.1, 0.15) is 99.3 Å². The fourth-order valence-corrected chi connectivity index (χ4v) is 2.69. The summed E-state index contributed by atoms with van der Waals surface area (Å²) in [5.41, 5.74) is 5.87. The highest BCUT2D eigenvalue weighted by atomic mass is 16.1.